The second kappa shape index (κ2) is 5.09. The summed E-state index contributed by atoms with van der Waals surface area (Å²) in [6.07, 6.45) is 0. The molecule has 1 saturated heterocycles. The van der Waals surface area contributed by atoms with Crippen LogP contribution in [0.5, 0.6) is 0 Å². The topological polar surface area (TPSA) is 52.7 Å². The Kier molecular flexibility index (Phi) is 3.19. The van der Waals surface area contributed by atoms with Crippen LogP contribution in [0, 0.1) is 0 Å². The van der Waals surface area contributed by atoms with Crippen molar-refractivity contribution in [1.82, 2.24) is 10.4 Å². The van der Waals surface area contributed by atoms with E-state index in [9.17, 15) is 9.59 Å². The maximum absolute atomic E-state index is 12.7. The van der Waals surface area contributed by atoms with E-state index in [1.54, 1.807) is 12.1 Å². The van der Waals surface area contributed by atoms with Gasteiger partial charge in [-0.15, -0.1) is 0 Å². The van der Waals surface area contributed by atoms with Crippen molar-refractivity contribution < 1.29 is 9.59 Å². The molecule has 0 radical (unpaired) electrons. The predicted octanol–water partition coefficient (Wildman–Crippen LogP) is 2.69. The Balaban J connectivity index is 1.74. The van der Waals surface area contributed by atoms with E-state index in [4.69, 9.17) is 0 Å². The van der Waals surface area contributed by atoms with Gasteiger partial charge in [-0.1, -0.05) is 50.2 Å². The first kappa shape index (κ1) is 15.7. The maximum Gasteiger partial charge on any atom is 0.269 e. The standard InChI is InChI=1S/C20H21N3O2/c1-19(2)15-11-7-8-12-16(15)22-13-17(24)23(20(19,22)3)21-18(25)14-9-5-4-6-10-14/h4-12H,13H2,1-3H3,(H,21,25)/t20-/m1/s1. The monoisotopic (exact) mass is 335 g/mol. The molecule has 0 bridgehead atoms. The van der Waals surface area contributed by atoms with Crippen molar-refractivity contribution in [2.75, 3.05) is 11.4 Å². The second-order valence-corrected chi connectivity index (χ2v) is 7.29. The van der Waals surface area contributed by atoms with E-state index < -0.39 is 5.66 Å². The number of hydrogen-bond acceptors (Lipinski definition) is 3. The number of para-hydroxylation sites is 1. The van der Waals surface area contributed by atoms with Crippen molar-refractivity contribution in [3.05, 3.63) is 65.7 Å². The van der Waals surface area contributed by atoms with Crippen molar-refractivity contribution in [2.45, 2.75) is 31.8 Å². The summed E-state index contributed by atoms with van der Waals surface area (Å²) < 4.78 is 0. The van der Waals surface area contributed by atoms with Crippen LogP contribution in [-0.4, -0.2) is 29.0 Å². The lowest BCUT2D eigenvalue weighted by atomic mass is 9.76. The molecule has 0 unspecified atom stereocenters. The van der Waals surface area contributed by atoms with Crippen molar-refractivity contribution in [3.63, 3.8) is 0 Å². The highest BCUT2D eigenvalue weighted by atomic mass is 16.2. The van der Waals surface area contributed by atoms with Crippen LogP contribution < -0.4 is 10.3 Å². The second-order valence-electron chi connectivity index (χ2n) is 7.29. The first-order valence-corrected chi connectivity index (χ1v) is 8.43. The number of benzene rings is 2. The highest BCUT2D eigenvalue weighted by Crippen LogP contribution is 2.54. The molecule has 2 aliphatic rings. The molecule has 2 heterocycles. The Morgan fingerprint density at radius 1 is 1.00 bits per heavy atom. The average Bonchev–Trinajstić information content (AvgIpc) is 2.97. The van der Waals surface area contributed by atoms with Gasteiger partial charge in [-0.3, -0.25) is 15.0 Å². The van der Waals surface area contributed by atoms with Gasteiger partial charge in [0.25, 0.3) is 11.8 Å². The SMILES string of the molecule is CC1(C)c2ccccc2N2CC(=O)N(NC(=O)c3ccccc3)[C@@]21C. The minimum absolute atomic E-state index is 0.102. The molecular formula is C20H21N3O2. The lowest BCUT2D eigenvalue weighted by Gasteiger charge is -2.45. The molecule has 5 heteroatoms. The molecular weight excluding hydrogens is 314 g/mol. The van der Waals surface area contributed by atoms with Crippen LogP contribution in [0.4, 0.5) is 5.69 Å². The van der Waals surface area contributed by atoms with Gasteiger partial charge in [0.1, 0.15) is 12.2 Å². The fraction of sp³-hybridized carbons (Fsp3) is 0.300. The Morgan fingerprint density at radius 3 is 2.36 bits per heavy atom. The predicted molar refractivity (Wildman–Crippen MR) is 96.0 cm³/mol. The smallest absolute Gasteiger partial charge is 0.269 e. The van der Waals surface area contributed by atoms with E-state index in [0.717, 1.165) is 5.69 Å². The number of nitrogens with zero attached hydrogens (tertiary/aromatic N) is 2. The number of nitrogens with one attached hydrogen (secondary N) is 1. The summed E-state index contributed by atoms with van der Waals surface area (Å²) in [5, 5.41) is 1.52. The largest absolute Gasteiger partial charge is 0.337 e. The molecule has 4 rings (SSSR count). The average molecular weight is 335 g/mol. The zero-order valence-corrected chi connectivity index (χ0v) is 14.6. The normalized spacial score (nSPS) is 23.4. The summed E-state index contributed by atoms with van der Waals surface area (Å²) >= 11 is 0. The van der Waals surface area contributed by atoms with E-state index in [1.165, 1.54) is 10.6 Å². The molecule has 2 aliphatic heterocycles. The number of fused-ring (bicyclic) bond motifs is 3. The van der Waals surface area contributed by atoms with E-state index in [-0.39, 0.29) is 23.8 Å². The van der Waals surface area contributed by atoms with Gasteiger partial charge in [-0.05, 0) is 30.7 Å². The minimum Gasteiger partial charge on any atom is -0.337 e. The van der Waals surface area contributed by atoms with Gasteiger partial charge in [0.15, 0.2) is 0 Å². The lowest BCUT2D eigenvalue weighted by molar-refractivity contribution is -0.134. The number of carbonyl (C=O) groups excluding carboxylic acids is 2. The fourth-order valence-corrected chi connectivity index (χ4v) is 4.08. The number of hydrogen-bond donors (Lipinski definition) is 1. The zero-order chi connectivity index (χ0) is 17.8. The summed E-state index contributed by atoms with van der Waals surface area (Å²) in [7, 11) is 0. The van der Waals surface area contributed by atoms with Gasteiger partial charge in [0.05, 0.1) is 0 Å². The third-order valence-corrected chi connectivity index (χ3v) is 5.81. The molecule has 25 heavy (non-hydrogen) atoms. The third-order valence-electron chi connectivity index (χ3n) is 5.81. The summed E-state index contributed by atoms with van der Waals surface area (Å²) in [6, 6.07) is 17.1. The molecule has 1 N–H and O–H groups in total. The van der Waals surface area contributed by atoms with Crippen LogP contribution in [0.3, 0.4) is 0 Å². The summed E-state index contributed by atoms with van der Waals surface area (Å²) in [6.45, 7) is 6.51. The van der Waals surface area contributed by atoms with Gasteiger partial charge in [-0.25, -0.2) is 5.01 Å². The Labute approximate surface area is 147 Å². The van der Waals surface area contributed by atoms with Gasteiger partial charge in [0.2, 0.25) is 0 Å². The lowest BCUT2D eigenvalue weighted by Crippen LogP contribution is -2.64. The molecule has 128 valence electrons. The molecule has 2 amide bonds. The van der Waals surface area contributed by atoms with Gasteiger partial charge in [0, 0.05) is 16.7 Å². The molecule has 1 fully saturated rings. The van der Waals surface area contributed by atoms with Crippen molar-refractivity contribution in [1.29, 1.82) is 0 Å². The van der Waals surface area contributed by atoms with Gasteiger partial charge >= 0.3 is 0 Å². The van der Waals surface area contributed by atoms with Gasteiger partial charge in [-0.2, -0.15) is 0 Å². The number of hydrazine groups is 1. The molecule has 1 atom stereocenters. The third kappa shape index (κ3) is 1.95. The number of carbonyl (C=O) groups is 2. The van der Waals surface area contributed by atoms with Crippen LogP contribution in [0.25, 0.3) is 0 Å². The molecule has 2 aromatic carbocycles. The van der Waals surface area contributed by atoms with Gasteiger partial charge < -0.3 is 4.90 Å². The fourth-order valence-electron chi connectivity index (χ4n) is 4.08. The van der Waals surface area contributed by atoms with Crippen LogP contribution in [0.1, 0.15) is 36.7 Å². The van der Waals surface area contributed by atoms with E-state index in [0.29, 0.717) is 5.56 Å². The van der Waals surface area contributed by atoms with Crippen LogP contribution in [0.2, 0.25) is 0 Å². The Bertz CT molecular complexity index is 862. The summed E-state index contributed by atoms with van der Waals surface area (Å²) in [4.78, 5) is 27.5. The highest BCUT2D eigenvalue weighted by Gasteiger charge is 2.63. The highest BCUT2D eigenvalue weighted by molar-refractivity contribution is 5.97. The molecule has 0 aromatic heterocycles. The van der Waals surface area contributed by atoms with Crippen molar-refractivity contribution >= 4 is 17.5 Å². The molecule has 2 aromatic rings. The van der Waals surface area contributed by atoms with E-state index in [1.807, 2.05) is 43.3 Å². The van der Waals surface area contributed by atoms with Crippen molar-refractivity contribution in [2.24, 2.45) is 0 Å². The first-order chi connectivity index (χ1) is 11.9. The van der Waals surface area contributed by atoms with Crippen LogP contribution >= 0.6 is 0 Å². The summed E-state index contributed by atoms with van der Waals surface area (Å²) in [5.41, 5.74) is 4.63. The molecule has 5 nitrogen and oxygen atoms in total. The minimum atomic E-state index is -0.655. The molecule has 0 spiro atoms. The number of rotatable bonds is 2. The molecule has 0 saturated carbocycles. The van der Waals surface area contributed by atoms with Crippen molar-refractivity contribution in [3.8, 4) is 0 Å². The van der Waals surface area contributed by atoms with E-state index >= 15 is 0 Å². The zero-order valence-electron chi connectivity index (χ0n) is 14.6. The Hall–Kier alpha value is -2.82. The number of anilines is 1. The quantitative estimate of drug-likeness (QED) is 0.918. The summed E-state index contributed by atoms with van der Waals surface area (Å²) in [5.74, 6) is -0.377. The molecule has 0 aliphatic carbocycles. The Morgan fingerprint density at radius 2 is 1.64 bits per heavy atom. The van der Waals surface area contributed by atoms with Crippen LogP contribution in [-0.2, 0) is 10.2 Å². The number of amides is 2. The van der Waals surface area contributed by atoms with Crippen LogP contribution in [0.15, 0.2) is 54.6 Å². The first-order valence-electron chi connectivity index (χ1n) is 8.43. The van der Waals surface area contributed by atoms with E-state index in [2.05, 4.69) is 30.2 Å². The maximum atomic E-state index is 12.7.